The summed E-state index contributed by atoms with van der Waals surface area (Å²) in [4.78, 5) is 13.1. The lowest BCUT2D eigenvalue weighted by Gasteiger charge is -2.41. The van der Waals surface area contributed by atoms with Crippen LogP contribution < -0.4 is 5.32 Å². The second-order valence-electron chi connectivity index (χ2n) is 18.1. The summed E-state index contributed by atoms with van der Waals surface area (Å²) in [5.74, 6) is -0.265. The van der Waals surface area contributed by atoms with Gasteiger partial charge in [0.1, 0.15) is 24.4 Å². The van der Waals surface area contributed by atoms with Crippen molar-refractivity contribution >= 4 is 16.3 Å². The molecule has 63 heavy (non-hydrogen) atoms. The fourth-order valence-electron chi connectivity index (χ4n) is 8.21. The van der Waals surface area contributed by atoms with E-state index in [4.69, 9.17) is 9.47 Å². The summed E-state index contributed by atoms with van der Waals surface area (Å²) >= 11 is 0. The Hall–Kier alpha value is -1.42. The molecule has 0 radical (unpaired) electrons. The molecule has 1 saturated heterocycles. The first kappa shape index (κ1) is 59.6. The molecule has 1 amide bonds. The molecule has 7 atom stereocenters. The van der Waals surface area contributed by atoms with E-state index in [-0.39, 0.29) is 18.9 Å². The summed E-state index contributed by atoms with van der Waals surface area (Å²) in [5, 5.41) is 44.7. The Kier molecular flexibility index (Phi) is 38.6. The standard InChI is InChI=1S/C50H95NO11S/c1-3-5-7-9-11-13-15-17-18-19-20-21-22-23-24-25-26-27-28-30-32-34-36-38-40-46(54)51-43(44(53)39-37-35-33-31-29-16-14-12-10-8-6-4-2)42-60-50-48(56)49(62-63(57,58)59)47(55)45(41-52)61-50/h23-24,37,39,43-45,47-50,52-53,55-56H,3-22,25-36,38,40-42H2,1-2H3,(H,51,54)(H,57,58,59)/b24-23-,39-37+. The fourth-order valence-corrected chi connectivity index (χ4v) is 8.72. The zero-order valence-electron chi connectivity index (χ0n) is 39.9. The quantitative estimate of drug-likeness (QED) is 0.0194. The highest BCUT2D eigenvalue weighted by Gasteiger charge is 2.48. The van der Waals surface area contributed by atoms with Gasteiger partial charge in [-0.05, 0) is 44.9 Å². The zero-order chi connectivity index (χ0) is 46.2. The maximum Gasteiger partial charge on any atom is 0.397 e. The van der Waals surface area contributed by atoms with Gasteiger partial charge in [0, 0.05) is 6.42 Å². The van der Waals surface area contributed by atoms with Crippen LogP contribution in [-0.2, 0) is 28.9 Å². The van der Waals surface area contributed by atoms with E-state index in [0.29, 0.717) is 6.42 Å². The first-order valence-electron chi connectivity index (χ1n) is 25.7. The molecule has 372 valence electrons. The molecule has 7 unspecified atom stereocenters. The van der Waals surface area contributed by atoms with Crippen molar-refractivity contribution in [1.29, 1.82) is 0 Å². The van der Waals surface area contributed by atoms with Gasteiger partial charge in [0.2, 0.25) is 5.91 Å². The third kappa shape index (κ3) is 33.7. The normalized spacial score (nSPS) is 20.5. The van der Waals surface area contributed by atoms with E-state index in [9.17, 15) is 38.2 Å². The molecule has 1 fully saturated rings. The summed E-state index contributed by atoms with van der Waals surface area (Å²) in [6.45, 7) is 3.39. The van der Waals surface area contributed by atoms with Crippen molar-refractivity contribution in [2.45, 2.75) is 275 Å². The second-order valence-corrected chi connectivity index (χ2v) is 19.2. The number of ether oxygens (including phenoxy) is 2. The van der Waals surface area contributed by atoms with E-state index in [2.05, 4.69) is 35.5 Å². The Morgan fingerprint density at radius 2 is 1.02 bits per heavy atom. The van der Waals surface area contributed by atoms with Crippen LogP contribution in [0, 0.1) is 0 Å². The Bertz CT molecular complexity index is 1220. The Morgan fingerprint density at radius 1 is 0.619 bits per heavy atom. The highest BCUT2D eigenvalue weighted by Crippen LogP contribution is 2.26. The average Bonchev–Trinajstić information content (AvgIpc) is 3.25. The monoisotopic (exact) mass is 918 g/mol. The van der Waals surface area contributed by atoms with E-state index in [1.54, 1.807) is 6.08 Å². The van der Waals surface area contributed by atoms with E-state index < -0.39 is 59.9 Å². The van der Waals surface area contributed by atoms with E-state index in [1.165, 1.54) is 161 Å². The van der Waals surface area contributed by atoms with Gasteiger partial charge in [0.15, 0.2) is 6.29 Å². The van der Waals surface area contributed by atoms with Crippen molar-refractivity contribution in [3.63, 3.8) is 0 Å². The lowest BCUT2D eigenvalue weighted by Crippen LogP contribution is -2.61. The van der Waals surface area contributed by atoms with Gasteiger partial charge < -0.3 is 35.2 Å². The van der Waals surface area contributed by atoms with Gasteiger partial charge in [-0.1, -0.05) is 205 Å². The Balaban J connectivity index is 2.38. The number of hydrogen-bond acceptors (Lipinski definition) is 10. The van der Waals surface area contributed by atoms with Gasteiger partial charge in [-0.3, -0.25) is 9.35 Å². The van der Waals surface area contributed by atoms with Crippen LogP contribution in [0.15, 0.2) is 24.3 Å². The van der Waals surface area contributed by atoms with Gasteiger partial charge in [0.05, 0.1) is 25.4 Å². The minimum absolute atomic E-state index is 0.265. The molecule has 12 nitrogen and oxygen atoms in total. The maximum atomic E-state index is 13.1. The van der Waals surface area contributed by atoms with Crippen molar-refractivity contribution in [1.82, 2.24) is 5.32 Å². The number of nitrogens with one attached hydrogen (secondary N) is 1. The number of amides is 1. The van der Waals surface area contributed by atoms with Crippen molar-refractivity contribution in [3.05, 3.63) is 24.3 Å². The molecule has 6 N–H and O–H groups in total. The molecule has 0 bridgehead atoms. The molecule has 13 heteroatoms. The van der Waals surface area contributed by atoms with Gasteiger partial charge in [0.25, 0.3) is 0 Å². The van der Waals surface area contributed by atoms with Gasteiger partial charge in [-0.2, -0.15) is 8.42 Å². The van der Waals surface area contributed by atoms with Crippen molar-refractivity contribution < 1.29 is 51.8 Å². The Labute approximate surface area is 384 Å². The molecule has 0 aliphatic carbocycles. The van der Waals surface area contributed by atoms with Gasteiger partial charge >= 0.3 is 10.4 Å². The first-order chi connectivity index (χ1) is 30.5. The van der Waals surface area contributed by atoms with Crippen LogP contribution in [-0.4, -0.2) is 95.4 Å². The molecule has 0 saturated carbocycles. The van der Waals surface area contributed by atoms with Crippen molar-refractivity contribution in [2.75, 3.05) is 13.2 Å². The smallest absolute Gasteiger partial charge is 0.394 e. The molecular weight excluding hydrogens is 823 g/mol. The minimum Gasteiger partial charge on any atom is -0.394 e. The van der Waals surface area contributed by atoms with Crippen LogP contribution in [0.2, 0.25) is 0 Å². The fraction of sp³-hybridized carbons (Fsp3) is 0.900. The van der Waals surface area contributed by atoms with Crippen LogP contribution in [0.4, 0.5) is 0 Å². The zero-order valence-corrected chi connectivity index (χ0v) is 40.7. The van der Waals surface area contributed by atoms with Gasteiger partial charge in [-0.15, -0.1) is 0 Å². The highest BCUT2D eigenvalue weighted by atomic mass is 32.3. The Morgan fingerprint density at radius 3 is 1.43 bits per heavy atom. The molecule has 0 aromatic heterocycles. The summed E-state index contributed by atoms with van der Waals surface area (Å²) < 4.78 is 47.6. The highest BCUT2D eigenvalue weighted by molar-refractivity contribution is 7.80. The van der Waals surface area contributed by atoms with E-state index >= 15 is 0 Å². The van der Waals surface area contributed by atoms with Crippen molar-refractivity contribution in [2.24, 2.45) is 0 Å². The summed E-state index contributed by atoms with van der Waals surface area (Å²) in [6.07, 6.45) is 39.4. The van der Waals surface area contributed by atoms with Crippen LogP contribution in [0.5, 0.6) is 0 Å². The molecular formula is C50H95NO11S. The second kappa shape index (κ2) is 40.8. The predicted molar refractivity (Wildman–Crippen MR) is 255 cm³/mol. The lowest BCUT2D eigenvalue weighted by molar-refractivity contribution is -0.298. The lowest BCUT2D eigenvalue weighted by atomic mass is 9.99. The van der Waals surface area contributed by atoms with Crippen molar-refractivity contribution in [3.8, 4) is 0 Å². The number of rotatable bonds is 44. The maximum absolute atomic E-state index is 13.1. The summed E-state index contributed by atoms with van der Waals surface area (Å²) in [6, 6.07) is -0.943. The number of allylic oxidation sites excluding steroid dienone is 3. The minimum atomic E-state index is -5.08. The largest absolute Gasteiger partial charge is 0.397 e. The summed E-state index contributed by atoms with van der Waals surface area (Å²) in [7, 11) is -5.08. The molecule has 0 spiro atoms. The molecule has 1 heterocycles. The molecule has 1 aliphatic rings. The number of carbonyl (C=O) groups is 1. The third-order valence-corrected chi connectivity index (χ3v) is 12.7. The van der Waals surface area contributed by atoms with Crippen LogP contribution in [0.1, 0.15) is 232 Å². The summed E-state index contributed by atoms with van der Waals surface area (Å²) in [5.41, 5.74) is 0. The first-order valence-corrected chi connectivity index (χ1v) is 27.1. The third-order valence-electron chi connectivity index (χ3n) is 12.2. The van der Waals surface area contributed by atoms with Crippen LogP contribution >= 0.6 is 0 Å². The SMILES string of the molecule is CCCCCCCCCCCC/C=C/C(O)C(COC1OC(CO)C(O)C(OS(=O)(=O)O)C1O)NC(=O)CCCCCCCCCC/C=C\CCCCCCCCCCCCCC. The number of hydrogen-bond donors (Lipinski definition) is 6. The number of aliphatic hydroxyl groups is 4. The van der Waals surface area contributed by atoms with Gasteiger partial charge in [-0.25, -0.2) is 4.18 Å². The predicted octanol–water partition coefficient (Wildman–Crippen LogP) is 10.9. The van der Waals surface area contributed by atoms with E-state index in [0.717, 1.165) is 44.9 Å². The number of aliphatic hydroxyl groups excluding tert-OH is 4. The number of unbranched alkanes of at least 4 members (excludes halogenated alkanes) is 30. The van der Waals surface area contributed by atoms with Crippen LogP contribution in [0.25, 0.3) is 0 Å². The molecule has 0 aromatic rings. The average molecular weight is 918 g/mol. The molecule has 1 rings (SSSR count). The van der Waals surface area contributed by atoms with Crippen LogP contribution in [0.3, 0.4) is 0 Å². The molecule has 1 aliphatic heterocycles. The van der Waals surface area contributed by atoms with E-state index in [1.807, 2.05) is 6.08 Å². The topological polar surface area (TPSA) is 192 Å². The number of carbonyl (C=O) groups excluding carboxylic acids is 1. The molecule has 0 aromatic carbocycles.